The van der Waals surface area contributed by atoms with Crippen LogP contribution in [0, 0.1) is 0 Å². The summed E-state index contributed by atoms with van der Waals surface area (Å²) in [6.45, 7) is 0.0947. The average molecular weight is 362 g/mol. The predicted octanol–water partition coefficient (Wildman–Crippen LogP) is 2.57. The molecule has 2 amide bonds. The molecule has 0 spiro atoms. The molecule has 1 aromatic heterocycles. The fourth-order valence-corrected chi connectivity index (χ4v) is 3.21. The lowest BCUT2D eigenvalue weighted by Gasteiger charge is -2.22. The summed E-state index contributed by atoms with van der Waals surface area (Å²) in [6, 6.07) is 16.3. The van der Waals surface area contributed by atoms with Crippen molar-refractivity contribution in [2.45, 2.75) is 19.1 Å². The molecule has 7 heteroatoms. The second kappa shape index (κ2) is 6.95. The summed E-state index contributed by atoms with van der Waals surface area (Å²) >= 11 is 0. The number of amides is 2. The van der Waals surface area contributed by atoms with Gasteiger partial charge in [0.1, 0.15) is 12.6 Å². The van der Waals surface area contributed by atoms with Gasteiger partial charge in [-0.3, -0.25) is 4.79 Å². The highest BCUT2D eigenvalue weighted by atomic mass is 16.6. The number of nitrogens with zero attached hydrogens (tertiary/aromatic N) is 2. The zero-order valence-electron chi connectivity index (χ0n) is 14.5. The number of hydrogen-bond acceptors (Lipinski definition) is 4. The lowest BCUT2D eigenvalue weighted by Crippen LogP contribution is -2.47. The van der Waals surface area contributed by atoms with Gasteiger partial charge in [0.2, 0.25) is 5.96 Å². The topological polar surface area (TPSA) is 101 Å². The van der Waals surface area contributed by atoms with Crippen LogP contribution in [-0.4, -0.2) is 33.9 Å². The van der Waals surface area contributed by atoms with E-state index in [0.717, 1.165) is 26.9 Å². The number of ether oxygens (including phenoxy) is 1. The molecule has 0 aliphatic carbocycles. The highest BCUT2D eigenvalue weighted by molar-refractivity contribution is 6.09. The zero-order chi connectivity index (χ0) is 18.8. The van der Waals surface area contributed by atoms with Crippen LogP contribution < -0.4 is 5.73 Å². The number of hydrogen-bond donors (Lipinski definition) is 2. The molecule has 27 heavy (non-hydrogen) atoms. The van der Waals surface area contributed by atoms with Gasteiger partial charge < -0.3 is 15.5 Å². The molecule has 0 unspecified atom stereocenters. The maximum atomic E-state index is 12.6. The Hall–Kier alpha value is -3.61. The van der Waals surface area contributed by atoms with E-state index in [1.54, 1.807) is 0 Å². The van der Waals surface area contributed by atoms with E-state index in [0.29, 0.717) is 6.42 Å². The van der Waals surface area contributed by atoms with Crippen LogP contribution in [0.1, 0.15) is 11.1 Å². The number of carbonyl (C=O) groups is 2. The standard InChI is InChI=1S/C20H18N4O3/c21-19-23-18(25)17(10-14-11-22-16-9-5-4-8-15(14)16)24(19)20(26)27-12-13-6-2-1-3-7-13/h1-9,11,17,22H,10,12H2,(H2,21,23,25)/t17-/m0/s1. The van der Waals surface area contributed by atoms with Gasteiger partial charge in [-0.1, -0.05) is 48.5 Å². The van der Waals surface area contributed by atoms with Crippen molar-refractivity contribution in [3.05, 3.63) is 71.9 Å². The van der Waals surface area contributed by atoms with Gasteiger partial charge in [-0.25, -0.2) is 9.69 Å². The van der Waals surface area contributed by atoms with Crippen LogP contribution in [0.2, 0.25) is 0 Å². The normalized spacial score (nSPS) is 16.6. The SMILES string of the molecule is NC1=NC(=O)[C@H](Cc2c[nH]c3ccccc23)N1C(=O)OCc1ccccc1. The van der Waals surface area contributed by atoms with Gasteiger partial charge in [-0.05, 0) is 17.2 Å². The highest BCUT2D eigenvalue weighted by Gasteiger charge is 2.39. The van der Waals surface area contributed by atoms with Gasteiger partial charge >= 0.3 is 6.09 Å². The molecule has 1 aliphatic heterocycles. The molecule has 2 heterocycles. The molecule has 0 saturated carbocycles. The maximum Gasteiger partial charge on any atom is 0.417 e. The number of rotatable bonds is 4. The first-order valence-electron chi connectivity index (χ1n) is 8.56. The van der Waals surface area contributed by atoms with E-state index in [9.17, 15) is 9.59 Å². The Balaban J connectivity index is 1.52. The molecule has 0 fully saturated rings. The second-order valence-electron chi connectivity index (χ2n) is 6.30. The molecular formula is C20H18N4O3. The minimum Gasteiger partial charge on any atom is -0.444 e. The van der Waals surface area contributed by atoms with E-state index in [1.807, 2.05) is 60.8 Å². The smallest absolute Gasteiger partial charge is 0.417 e. The summed E-state index contributed by atoms with van der Waals surface area (Å²) in [5.74, 6) is -0.586. The number of nitrogens with one attached hydrogen (secondary N) is 1. The van der Waals surface area contributed by atoms with Crippen molar-refractivity contribution >= 4 is 28.9 Å². The molecule has 1 aliphatic rings. The summed E-state index contributed by atoms with van der Waals surface area (Å²) in [6.07, 6.45) is 1.45. The van der Waals surface area contributed by atoms with E-state index >= 15 is 0 Å². The number of guanidine groups is 1. The van der Waals surface area contributed by atoms with Crippen molar-refractivity contribution in [3.8, 4) is 0 Å². The largest absolute Gasteiger partial charge is 0.444 e. The van der Waals surface area contributed by atoms with Crippen LogP contribution in [-0.2, 0) is 22.6 Å². The van der Waals surface area contributed by atoms with Gasteiger partial charge in [0.25, 0.3) is 5.91 Å². The lowest BCUT2D eigenvalue weighted by molar-refractivity contribution is -0.120. The molecule has 4 rings (SSSR count). The Kier molecular flexibility index (Phi) is 4.33. The molecule has 0 bridgehead atoms. The molecule has 3 aromatic rings. The Morgan fingerprint density at radius 1 is 1.15 bits per heavy atom. The molecule has 3 N–H and O–H groups in total. The summed E-state index contributed by atoms with van der Waals surface area (Å²) in [7, 11) is 0. The quantitative estimate of drug-likeness (QED) is 0.745. The van der Waals surface area contributed by atoms with Gasteiger partial charge in [0, 0.05) is 23.5 Å². The monoisotopic (exact) mass is 362 g/mol. The first-order valence-corrected chi connectivity index (χ1v) is 8.56. The van der Waals surface area contributed by atoms with Crippen LogP contribution >= 0.6 is 0 Å². The van der Waals surface area contributed by atoms with Gasteiger partial charge in [0.15, 0.2) is 0 Å². The number of benzene rings is 2. The third kappa shape index (κ3) is 3.27. The number of para-hydroxylation sites is 1. The van der Waals surface area contributed by atoms with Crippen molar-refractivity contribution in [1.29, 1.82) is 0 Å². The molecule has 7 nitrogen and oxygen atoms in total. The van der Waals surface area contributed by atoms with Crippen LogP contribution in [0.5, 0.6) is 0 Å². The molecule has 0 saturated heterocycles. The van der Waals surface area contributed by atoms with Crippen molar-refractivity contribution in [3.63, 3.8) is 0 Å². The van der Waals surface area contributed by atoms with Gasteiger partial charge in [-0.15, -0.1) is 0 Å². The Morgan fingerprint density at radius 3 is 2.70 bits per heavy atom. The summed E-state index contributed by atoms with van der Waals surface area (Å²) in [5, 5.41) is 0.994. The van der Waals surface area contributed by atoms with Crippen molar-refractivity contribution < 1.29 is 14.3 Å². The van der Waals surface area contributed by atoms with Crippen LogP contribution in [0.4, 0.5) is 4.79 Å². The van der Waals surface area contributed by atoms with Crippen molar-refractivity contribution in [1.82, 2.24) is 9.88 Å². The van der Waals surface area contributed by atoms with E-state index < -0.39 is 18.0 Å². The summed E-state index contributed by atoms with van der Waals surface area (Å²) in [5.41, 5.74) is 8.54. The predicted molar refractivity (Wildman–Crippen MR) is 101 cm³/mol. The third-order valence-corrected chi connectivity index (χ3v) is 4.56. The Bertz CT molecular complexity index is 1030. The Labute approximate surface area is 155 Å². The fraction of sp³-hybridized carbons (Fsp3) is 0.150. The van der Waals surface area contributed by atoms with Crippen molar-refractivity contribution in [2.75, 3.05) is 0 Å². The molecular weight excluding hydrogens is 344 g/mol. The number of aromatic amines is 1. The van der Waals surface area contributed by atoms with Crippen LogP contribution in [0.25, 0.3) is 10.9 Å². The highest BCUT2D eigenvalue weighted by Crippen LogP contribution is 2.23. The minimum absolute atomic E-state index is 0.0947. The fourth-order valence-electron chi connectivity index (χ4n) is 3.21. The van der Waals surface area contributed by atoms with Gasteiger partial charge in [0.05, 0.1) is 0 Å². The van der Waals surface area contributed by atoms with Crippen LogP contribution in [0.3, 0.4) is 0 Å². The molecule has 2 aromatic carbocycles. The van der Waals surface area contributed by atoms with Crippen LogP contribution in [0.15, 0.2) is 65.8 Å². The van der Waals surface area contributed by atoms with Gasteiger partial charge in [-0.2, -0.15) is 4.99 Å². The van der Waals surface area contributed by atoms with E-state index in [2.05, 4.69) is 9.98 Å². The number of nitrogens with two attached hydrogens (primary N) is 1. The number of aliphatic imine (C=N–C) groups is 1. The maximum absolute atomic E-state index is 12.6. The lowest BCUT2D eigenvalue weighted by atomic mass is 10.0. The first kappa shape index (κ1) is 16.8. The zero-order valence-corrected chi connectivity index (χ0v) is 14.5. The third-order valence-electron chi connectivity index (χ3n) is 4.56. The first-order chi connectivity index (χ1) is 13.1. The number of aromatic nitrogens is 1. The number of carbonyl (C=O) groups excluding carboxylic acids is 2. The van der Waals surface area contributed by atoms with Crippen molar-refractivity contribution in [2.24, 2.45) is 10.7 Å². The molecule has 0 radical (unpaired) electrons. The Morgan fingerprint density at radius 2 is 1.89 bits per heavy atom. The van der Waals surface area contributed by atoms with E-state index in [4.69, 9.17) is 10.5 Å². The van der Waals surface area contributed by atoms with E-state index in [-0.39, 0.29) is 12.6 Å². The average Bonchev–Trinajstić information content (AvgIpc) is 3.21. The number of fused-ring (bicyclic) bond motifs is 1. The minimum atomic E-state index is -0.813. The molecule has 136 valence electrons. The van der Waals surface area contributed by atoms with E-state index in [1.165, 1.54) is 0 Å². The number of H-pyrrole nitrogens is 1. The summed E-state index contributed by atoms with van der Waals surface area (Å²) in [4.78, 5) is 32.9. The molecule has 1 atom stereocenters. The second-order valence-corrected chi connectivity index (χ2v) is 6.30. The summed E-state index contributed by atoms with van der Waals surface area (Å²) < 4.78 is 5.33.